The number of allylic oxidation sites excluding steroid dienone is 4. The average molecular weight is 381 g/mol. The van der Waals surface area contributed by atoms with Crippen LogP contribution < -0.4 is 0 Å². The summed E-state index contributed by atoms with van der Waals surface area (Å²) in [6.45, 7) is 8.29. The van der Waals surface area contributed by atoms with E-state index in [1.165, 1.54) is 64.2 Å². The number of rotatable bonds is 6. The third-order valence-corrected chi connectivity index (χ3v) is 6.94. The Bertz CT molecular complexity index is 561. The van der Waals surface area contributed by atoms with Gasteiger partial charge in [0.25, 0.3) is 0 Å². The molecule has 2 saturated carbocycles. The van der Waals surface area contributed by atoms with Gasteiger partial charge in [-0.25, -0.2) is 0 Å². The van der Waals surface area contributed by atoms with Gasteiger partial charge >= 0.3 is 0 Å². The van der Waals surface area contributed by atoms with Gasteiger partial charge in [-0.1, -0.05) is 62.4 Å². The highest BCUT2D eigenvalue weighted by molar-refractivity contribution is 5.28. The van der Waals surface area contributed by atoms with Crippen LogP contribution in [-0.4, -0.2) is 0 Å². The first-order chi connectivity index (χ1) is 13.8. The van der Waals surface area contributed by atoms with Crippen molar-refractivity contribution in [1.82, 2.24) is 0 Å². The summed E-state index contributed by atoms with van der Waals surface area (Å²) in [5.41, 5.74) is 3.19. The van der Waals surface area contributed by atoms with E-state index in [1.807, 2.05) is 13.8 Å². The van der Waals surface area contributed by atoms with Crippen LogP contribution in [0, 0.1) is 11.8 Å². The van der Waals surface area contributed by atoms with E-state index in [2.05, 4.69) is 62.4 Å². The Morgan fingerprint density at radius 3 is 1.68 bits per heavy atom. The zero-order valence-corrected chi connectivity index (χ0v) is 19.0. The van der Waals surface area contributed by atoms with Gasteiger partial charge in [0.1, 0.15) is 0 Å². The van der Waals surface area contributed by atoms with Crippen molar-refractivity contribution in [2.45, 2.75) is 104 Å². The molecule has 0 aromatic heterocycles. The van der Waals surface area contributed by atoms with E-state index >= 15 is 0 Å². The molecule has 3 rings (SSSR count). The smallest absolute Gasteiger partial charge is 0.0162 e. The second-order valence-corrected chi connectivity index (χ2v) is 8.67. The topological polar surface area (TPSA) is 0 Å². The van der Waals surface area contributed by atoms with Gasteiger partial charge < -0.3 is 0 Å². The minimum Gasteiger partial charge on any atom is -0.0917 e. The molecule has 2 fully saturated rings. The van der Waals surface area contributed by atoms with Crippen LogP contribution in [0.4, 0.5) is 0 Å². The zero-order chi connectivity index (χ0) is 20.2. The summed E-state index contributed by atoms with van der Waals surface area (Å²) < 4.78 is 0. The number of hydrogen-bond donors (Lipinski definition) is 0. The van der Waals surface area contributed by atoms with Crippen molar-refractivity contribution in [3.05, 3.63) is 59.7 Å². The molecule has 156 valence electrons. The van der Waals surface area contributed by atoms with Crippen LogP contribution in [0.5, 0.6) is 0 Å². The first-order valence-electron chi connectivity index (χ1n) is 12.1. The molecule has 0 saturated heterocycles. The van der Waals surface area contributed by atoms with Crippen LogP contribution in [0.15, 0.2) is 48.6 Å². The van der Waals surface area contributed by atoms with Crippen molar-refractivity contribution in [2.24, 2.45) is 11.8 Å². The maximum atomic E-state index is 2.46. The van der Waals surface area contributed by atoms with Crippen LogP contribution in [0.1, 0.15) is 115 Å². The van der Waals surface area contributed by atoms with E-state index in [-0.39, 0.29) is 0 Å². The fourth-order valence-electron chi connectivity index (χ4n) is 5.24. The second-order valence-electron chi connectivity index (χ2n) is 8.67. The van der Waals surface area contributed by atoms with Gasteiger partial charge in [-0.3, -0.25) is 0 Å². The van der Waals surface area contributed by atoms with Crippen molar-refractivity contribution in [3.63, 3.8) is 0 Å². The Morgan fingerprint density at radius 2 is 1.21 bits per heavy atom. The molecule has 1 aromatic rings. The van der Waals surface area contributed by atoms with Crippen LogP contribution in [0.25, 0.3) is 0 Å². The van der Waals surface area contributed by atoms with E-state index in [1.54, 1.807) is 11.1 Å². The molecule has 2 aliphatic rings. The lowest BCUT2D eigenvalue weighted by Gasteiger charge is -2.30. The van der Waals surface area contributed by atoms with Gasteiger partial charge in [-0.2, -0.15) is 0 Å². The Labute approximate surface area is 175 Å². The van der Waals surface area contributed by atoms with Crippen LogP contribution in [0.2, 0.25) is 0 Å². The maximum Gasteiger partial charge on any atom is -0.0162 e. The summed E-state index contributed by atoms with van der Waals surface area (Å²) >= 11 is 0. The van der Waals surface area contributed by atoms with Gasteiger partial charge in [-0.05, 0) is 113 Å². The highest BCUT2D eigenvalue weighted by Crippen LogP contribution is 2.39. The fraction of sp³-hybridized carbons (Fsp3) is 0.643. The number of hydrogen-bond acceptors (Lipinski definition) is 0. The average Bonchev–Trinajstić information content (AvgIpc) is 2.77. The molecule has 0 spiro atoms. The summed E-state index contributed by atoms with van der Waals surface area (Å²) in [4.78, 5) is 0. The van der Waals surface area contributed by atoms with E-state index in [9.17, 15) is 0 Å². The van der Waals surface area contributed by atoms with Crippen LogP contribution in [-0.2, 0) is 0 Å². The van der Waals surface area contributed by atoms with Gasteiger partial charge in [-0.15, -0.1) is 0 Å². The molecule has 0 aliphatic heterocycles. The minimum atomic E-state index is 0.799. The lowest BCUT2D eigenvalue weighted by atomic mass is 9.76. The van der Waals surface area contributed by atoms with Crippen molar-refractivity contribution in [2.75, 3.05) is 0 Å². The van der Waals surface area contributed by atoms with Crippen LogP contribution >= 0.6 is 0 Å². The standard InChI is InChI=1S/C26H38.C2H6/c1-3-5-6-8-22-11-15-24(16-12-22)26-19-17-25(18-20-26)23-13-9-21(7-4-2)10-14-23;1-2/h3-5,7,17-24H,6,8-16H2,1-2H3;1-2H3/b5-3+,7-4+;. The molecule has 0 heteroatoms. The van der Waals surface area contributed by atoms with Crippen molar-refractivity contribution >= 4 is 0 Å². The minimum absolute atomic E-state index is 0.799. The predicted molar refractivity (Wildman–Crippen MR) is 126 cm³/mol. The lowest BCUT2D eigenvalue weighted by molar-refractivity contribution is 0.312. The summed E-state index contributed by atoms with van der Waals surface area (Å²) in [5, 5.41) is 0. The zero-order valence-electron chi connectivity index (χ0n) is 19.0. The lowest BCUT2D eigenvalue weighted by Crippen LogP contribution is -2.14. The van der Waals surface area contributed by atoms with E-state index in [4.69, 9.17) is 0 Å². The van der Waals surface area contributed by atoms with E-state index in [0.29, 0.717) is 0 Å². The third kappa shape index (κ3) is 6.94. The quantitative estimate of drug-likeness (QED) is 0.431. The second kappa shape index (κ2) is 13.0. The fourth-order valence-corrected chi connectivity index (χ4v) is 5.24. The molecule has 0 amide bonds. The maximum absolute atomic E-state index is 2.46. The molecule has 0 atom stereocenters. The normalized spacial score (nSPS) is 28.3. The molecule has 0 N–H and O–H groups in total. The van der Waals surface area contributed by atoms with Crippen molar-refractivity contribution in [3.8, 4) is 0 Å². The highest BCUT2D eigenvalue weighted by Gasteiger charge is 2.23. The van der Waals surface area contributed by atoms with Gasteiger partial charge in [0.05, 0.1) is 0 Å². The Kier molecular flexibility index (Phi) is 10.7. The first-order valence-corrected chi connectivity index (χ1v) is 12.1. The molecule has 0 radical (unpaired) electrons. The molecule has 1 aromatic carbocycles. The molecular weight excluding hydrogens is 336 g/mol. The van der Waals surface area contributed by atoms with Crippen molar-refractivity contribution in [1.29, 1.82) is 0 Å². The third-order valence-electron chi connectivity index (χ3n) is 6.94. The molecule has 0 nitrogen and oxygen atoms in total. The summed E-state index contributed by atoms with van der Waals surface area (Å²) in [6.07, 6.45) is 23.0. The molecule has 0 unspecified atom stereocenters. The van der Waals surface area contributed by atoms with Gasteiger partial charge in [0.2, 0.25) is 0 Å². The molecular formula is C28H44. The van der Waals surface area contributed by atoms with E-state index < -0.39 is 0 Å². The molecule has 0 heterocycles. The molecule has 2 aliphatic carbocycles. The van der Waals surface area contributed by atoms with Crippen molar-refractivity contribution < 1.29 is 0 Å². The monoisotopic (exact) mass is 380 g/mol. The highest BCUT2D eigenvalue weighted by atomic mass is 14.3. The SMILES string of the molecule is C/C=C/CCC1CCC(c2ccc(C3CCC(/C=C/C)CC3)cc2)CC1.CC. The largest absolute Gasteiger partial charge is 0.0917 e. The molecule has 28 heavy (non-hydrogen) atoms. The Balaban J connectivity index is 0.00000136. The van der Waals surface area contributed by atoms with Crippen LogP contribution in [0.3, 0.4) is 0 Å². The summed E-state index contributed by atoms with van der Waals surface area (Å²) in [5.74, 6) is 3.41. The molecule has 0 bridgehead atoms. The van der Waals surface area contributed by atoms with E-state index in [0.717, 1.165) is 23.7 Å². The van der Waals surface area contributed by atoms with Gasteiger partial charge in [0.15, 0.2) is 0 Å². The Hall–Kier alpha value is -1.30. The Morgan fingerprint density at radius 1 is 0.714 bits per heavy atom. The predicted octanol–water partition coefficient (Wildman–Crippen LogP) is 9.19. The summed E-state index contributed by atoms with van der Waals surface area (Å²) in [6, 6.07) is 9.82. The summed E-state index contributed by atoms with van der Waals surface area (Å²) in [7, 11) is 0. The number of benzene rings is 1. The first kappa shape index (κ1) is 23.0. The van der Waals surface area contributed by atoms with Gasteiger partial charge in [0, 0.05) is 0 Å².